The van der Waals surface area contributed by atoms with Gasteiger partial charge in [-0.1, -0.05) is 73.7 Å². The molecule has 0 aromatic heterocycles. The lowest BCUT2D eigenvalue weighted by molar-refractivity contribution is 0.148. The summed E-state index contributed by atoms with van der Waals surface area (Å²) in [5.74, 6) is 1.69. The molecule has 0 bridgehead atoms. The third kappa shape index (κ3) is 6.78. The summed E-state index contributed by atoms with van der Waals surface area (Å²) in [5.41, 5.74) is -0.153. The van der Waals surface area contributed by atoms with E-state index in [4.69, 9.17) is 18.9 Å². The van der Waals surface area contributed by atoms with Gasteiger partial charge >= 0.3 is 6.16 Å². The molecule has 2 heterocycles. The van der Waals surface area contributed by atoms with Crippen molar-refractivity contribution < 1.29 is 23.7 Å². The molecular weight excluding hydrogens is 613 g/mol. The Labute approximate surface area is 260 Å². The predicted octanol–water partition coefficient (Wildman–Crippen LogP) is 8.39. The van der Waals surface area contributed by atoms with E-state index in [-0.39, 0.29) is 28.6 Å². The minimum atomic E-state index is -1.01. The first kappa shape index (κ1) is 31.1. The van der Waals surface area contributed by atoms with Gasteiger partial charge in [-0.05, 0) is 36.6 Å². The standard InChI is InChI=1S/C29H22N4O5S4/c1-4-5-6-16(2)15-36-21-23-25(41-27(39-23)17(11-30)12-31)22(26-24(21)40-28(42-26)18(13-32)14-33)38-29(34)37-20-9-7-19(35-3)8-10-20/h7-10,16H,4-6,15H2,1-3H3. The zero-order chi connectivity index (χ0) is 30.2. The number of allylic oxidation sites excluding steroid dienone is 2. The Kier molecular flexibility index (Phi) is 10.6. The van der Waals surface area contributed by atoms with Crippen LogP contribution in [-0.4, -0.2) is 19.9 Å². The molecule has 2 aromatic rings. The van der Waals surface area contributed by atoms with Gasteiger partial charge in [0.1, 0.15) is 52.7 Å². The highest BCUT2D eigenvalue weighted by atomic mass is 32.2. The topological polar surface area (TPSA) is 149 Å². The van der Waals surface area contributed by atoms with Crippen LogP contribution >= 0.6 is 47.0 Å². The number of rotatable bonds is 9. The first-order valence-electron chi connectivity index (χ1n) is 12.6. The van der Waals surface area contributed by atoms with E-state index in [1.807, 2.05) is 24.3 Å². The van der Waals surface area contributed by atoms with Crippen molar-refractivity contribution in [3.63, 3.8) is 0 Å². The number of nitriles is 4. The van der Waals surface area contributed by atoms with Crippen LogP contribution in [0.15, 0.2) is 63.5 Å². The maximum absolute atomic E-state index is 13.0. The minimum Gasteiger partial charge on any atom is -0.497 e. The van der Waals surface area contributed by atoms with Gasteiger partial charge in [0, 0.05) is 0 Å². The summed E-state index contributed by atoms with van der Waals surface area (Å²) < 4.78 is 23.6. The number of nitrogens with zero attached hydrogens (tertiary/aromatic N) is 4. The average molecular weight is 635 g/mol. The van der Waals surface area contributed by atoms with E-state index < -0.39 is 6.16 Å². The lowest BCUT2D eigenvalue weighted by Crippen LogP contribution is -2.15. The molecule has 2 aromatic carbocycles. The van der Waals surface area contributed by atoms with Crippen molar-refractivity contribution in [2.45, 2.75) is 52.7 Å². The molecule has 0 radical (unpaired) electrons. The normalized spacial score (nSPS) is 13.4. The number of methoxy groups -OCH3 is 1. The van der Waals surface area contributed by atoms with Gasteiger partial charge in [-0.2, -0.15) is 21.0 Å². The van der Waals surface area contributed by atoms with Gasteiger partial charge in [0.05, 0.1) is 41.8 Å². The molecular formula is C29H22N4O5S4. The van der Waals surface area contributed by atoms with Crippen molar-refractivity contribution in [1.82, 2.24) is 0 Å². The Morgan fingerprint density at radius 1 is 0.786 bits per heavy atom. The Morgan fingerprint density at radius 3 is 1.71 bits per heavy atom. The van der Waals surface area contributed by atoms with Crippen LogP contribution in [-0.2, 0) is 0 Å². The summed E-state index contributed by atoms with van der Waals surface area (Å²) in [6, 6.07) is 14.1. The van der Waals surface area contributed by atoms with Crippen LogP contribution in [0.4, 0.5) is 4.79 Å². The van der Waals surface area contributed by atoms with E-state index >= 15 is 0 Å². The fraction of sp³-hybridized carbons (Fsp3) is 0.276. The molecule has 9 nitrogen and oxygen atoms in total. The predicted molar refractivity (Wildman–Crippen MR) is 160 cm³/mol. The lowest BCUT2D eigenvalue weighted by Gasteiger charge is -2.19. The van der Waals surface area contributed by atoms with Crippen molar-refractivity contribution in [3.8, 4) is 47.3 Å². The fourth-order valence-electron chi connectivity index (χ4n) is 3.77. The number of thioether (sulfide) groups is 4. The van der Waals surface area contributed by atoms with Crippen LogP contribution in [0, 0.1) is 51.2 Å². The number of hydrogen-bond donors (Lipinski definition) is 0. The highest BCUT2D eigenvalue weighted by Crippen LogP contribution is 2.68. The van der Waals surface area contributed by atoms with Crippen molar-refractivity contribution in [1.29, 1.82) is 21.0 Å². The summed E-state index contributed by atoms with van der Waals surface area (Å²) in [6.07, 6.45) is 2.07. The number of ether oxygens (including phenoxy) is 4. The largest absolute Gasteiger partial charge is 0.519 e. The summed E-state index contributed by atoms with van der Waals surface area (Å²) in [4.78, 5) is 15.1. The zero-order valence-corrected chi connectivity index (χ0v) is 25.9. The second-order valence-electron chi connectivity index (χ2n) is 8.84. The Balaban J connectivity index is 1.81. The van der Waals surface area contributed by atoms with Gasteiger partial charge < -0.3 is 18.9 Å². The molecule has 0 amide bonds. The van der Waals surface area contributed by atoms with E-state index in [0.29, 0.717) is 46.2 Å². The van der Waals surface area contributed by atoms with E-state index in [1.165, 1.54) is 30.6 Å². The number of fused-ring (bicyclic) bond motifs is 2. The number of hydrogen-bond acceptors (Lipinski definition) is 13. The monoisotopic (exact) mass is 634 g/mol. The van der Waals surface area contributed by atoms with E-state index in [0.717, 1.165) is 42.8 Å². The van der Waals surface area contributed by atoms with Gasteiger partial charge in [-0.15, -0.1) is 0 Å². The van der Waals surface area contributed by atoms with E-state index in [1.54, 1.807) is 24.3 Å². The maximum Gasteiger partial charge on any atom is 0.519 e. The molecule has 1 unspecified atom stereocenters. The molecule has 13 heteroatoms. The molecule has 2 aliphatic rings. The highest BCUT2D eigenvalue weighted by Gasteiger charge is 2.39. The number of carbonyl (C=O) groups is 1. The van der Waals surface area contributed by atoms with Crippen LogP contribution in [0.5, 0.6) is 23.0 Å². The SMILES string of the molecule is CCCCC(C)COc1c2c(c(OC(=O)Oc3ccc(OC)cc3)c3c1SC(=C(C#N)C#N)S3)SC(=C(C#N)C#N)S2. The van der Waals surface area contributed by atoms with Gasteiger partial charge in [0.25, 0.3) is 0 Å². The van der Waals surface area contributed by atoms with Crippen LogP contribution < -0.4 is 18.9 Å². The molecule has 0 saturated carbocycles. The highest BCUT2D eigenvalue weighted by molar-refractivity contribution is 8.26. The second kappa shape index (κ2) is 14.4. The van der Waals surface area contributed by atoms with Crippen LogP contribution in [0.2, 0.25) is 0 Å². The second-order valence-corrected chi connectivity index (χ2v) is 13.4. The third-order valence-corrected chi connectivity index (χ3v) is 11.1. The van der Waals surface area contributed by atoms with Crippen molar-refractivity contribution in [3.05, 3.63) is 43.9 Å². The van der Waals surface area contributed by atoms with E-state index in [2.05, 4.69) is 13.8 Å². The summed E-state index contributed by atoms with van der Waals surface area (Å²) in [6.45, 7) is 4.62. The number of benzene rings is 2. The molecule has 0 N–H and O–H groups in total. The van der Waals surface area contributed by atoms with E-state index in [9.17, 15) is 25.8 Å². The smallest absolute Gasteiger partial charge is 0.497 e. The third-order valence-electron chi connectivity index (χ3n) is 5.88. The molecule has 1 atom stereocenters. The molecule has 212 valence electrons. The molecule has 42 heavy (non-hydrogen) atoms. The first-order chi connectivity index (χ1) is 20.4. The zero-order valence-electron chi connectivity index (χ0n) is 22.7. The van der Waals surface area contributed by atoms with Crippen molar-refractivity contribution in [2.24, 2.45) is 5.92 Å². The van der Waals surface area contributed by atoms with Crippen LogP contribution in [0.25, 0.3) is 0 Å². The fourth-order valence-corrected chi connectivity index (χ4v) is 8.97. The Morgan fingerprint density at radius 2 is 1.26 bits per heavy atom. The lowest BCUT2D eigenvalue weighted by atomic mass is 10.1. The van der Waals surface area contributed by atoms with Crippen LogP contribution in [0.3, 0.4) is 0 Å². The van der Waals surface area contributed by atoms with Gasteiger partial charge in [-0.3, -0.25) is 0 Å². The molecule has 0 saturated heterocycles. The molecule has 0 aliphatic carbocycles. The van der Waals surface area contributed by atoms with Crippen LogP contribution in [0.1, 0.15) is 33.1 Å². The number of carbonyl (C=O) groups excluding carboxylic acids is 1. The average Bonchev–Trinajstić information content (AvgIpc) is 3.63. The molecule has 0 fully saturated rings. The summed E-state index contributed by atoms with van der Waals surface area (Å²) in [5, 5.41) is 38.2. The quantitative estimate of drug-likeness (QED) is 0.148. The Bertz CT molecular complexity index is 1530. The first-order valence-corrected chi connectivity index (χ1v) is 15.8. The van der Waals surface area contributed by atoms with Gasteiger partial charge in [0.2, 0.25) is 0 Å². The van der Waals surface area contributed by atoms with Gasteiger partial charge in [-0.25, -0.2) is 4.79 Å². The van der Waals surface area contributed by atoms with Crippen molar-refractivity contribution >= 4 is 53.2 Å². The molecule has 0 spiro atoms. The minimum absolute atomic E-state index is 0.0764. The molecule has 4 rings (SSSR count). The van der Waals surface area contributed by atoms with Gasteiger partial charge in [0.15, 0.2) is 5.75 Å². The molecule has 2 aliphatic heterocycles. The van der Waals surface area contributed by atoms with Crippen molar-refractivity contribution in [2.75, 3.05) is 13.7 Å². The Hall–Kier alpha value is -3.85. The number of unbranched alkanes of at least 4 members (excludes halogenated alkanes) is 1. The summed E-state index contributed by atoms with van der Waals surface area (Å²) in [7, 11) is 1.52. The summed E-state index contributed by atoms with van der Waals surface area (Å²) >= 11 is 4.61. The maximum atomic E-state index is 13.0.